The largest absolute Gasteiger partial charge is 0.341 e. The maximum Gasteiger partial charge on any atom is 0.313 e. The Morgan fingerprint density at radius 1 is 1.08 bits per heavy atom. The third-order valence-electron chi connectivity index (χ3n) is 3.98. The van der Waals surface area contributed by atoms with Crippen LogP contribution in [0.2, 0.25) is 0 Å². The lowest BCUT2D eigenvalue weighted by molar-refractivity contribution is -0.384. The van der Waals surface area contributed by atoms with Crippen molar-refractivity contribution in [2.24, 2.45) is 0 Å². The Morgan fingerprint density at radius 3 is 2.44 bits per heavy atom. The number of nitrogens with one attached hydrogen (secondary N) is 2. The topological polar surface area (TPSA) is 101 Å². The first-order chi connectivity index (χ1) is 11.8. The zero-order valence-electron chi connectivity index (χ0n) is 14.2. The second-order valence-corrected chi connectivity index (χ2v) is 5.75. The van der Waals surface area contributed by atoms with Gasteiger partial charge in [0.2, 0.25) is 0 Å². The van der Waals surface area contributed by atoms with E-state index in [1.54, 1.807) is 6.92 Å². The van der Waals surface area contributed by atoms with Crippen molar-refractivity contribution in [1.82, 2.24) is 5.32 Å². The number of hydrogen-bond donors (Lipinski definition) is 2. The number of anilines is 1. The summed E-state index contributed by atoms with van der Waals surface area (Å²) < 4.78 is 0. The van der Waals surface area contributed by atoms with Gasteiger partial charge in [0.25, 0.3) is 5.69 Å². The minimum Gasteiger partial charge on any atom is -0.341 e. The van der Waals surface area contributed by atoms with Gasteiger partial charge in [0.1, 0.15) is 0 Å². The van der Waals surface area contributed by atoms with E-state index in [0.717, 1.165) is 16.7 Å². The second-order valence-electron chi connectivity index (χ2n) is 5.75. The maximum absolute atomic E-state index is 12.1. The molecule has 0 aliphatic carbocycles. The average molecular weight is 341 g/mol. The third kappa shape index (κ3) is 4.41. The molecule has 0 fully saturated rings. The Balaban J connectivity index is 2.05. The number of nitro benzene ring substituents is 1. The number of rotatable bonds is 4. The molecule has 0 heterocycles. The Bertz CT molecular complexity index is 833. The Hall–Kier alpha value is -3.22. The van der Waals surface area contributed by atoms with Crippen LogP contribution in [0.15, 0.2) is 42.5 Å². The summed E-state index contributed by atoms with van der Waals surface area (Å²) in [5.41, 5.74) is 3.10. The molecule has 2 amide bonds. The average Bonchev–Trinajstić information content (AvgIpc) is 2.57. The van der Waals surface area contributed by atoms with Crippen LogP contribution in [0.1, 0.15) is 29.7 Å². The van der Waals surface area contributed by atoms with Crippen molar-refractivity contribution in [1.29, 1.82) is 0 Å². The molecule has 2 rings (SSSR count). The van der Waals surface area contributed by atoms with E-state index in [9.17, 15) is 19.7 Å². The van der Waals surface area contributed by atoms with Gasteiger partial charge in [-0.3, -0.25) is 19.7 Å². The lowest BCUT2D eigenvalue weighted by atomic mass is 9.98. The van der Waals surface area contributed by atoms with Gasteiger partial charge < -0.3 is 10.6 Å². The fraction of sp³-hybridized carbons (Fsp3) is 0.222. The van der Waals surface area contributed by atoms with E-state index in [2.05, 4.69) is 10.6 Å². The first kappa shape index (κ1) is 18.1. The first-order valence-electron chi connectivity index (χ1n) is 7.72. The molecule has 7 nitrogen and oxygen atoms in total. The predicted octanol–water partition coefficient (Wildman–Crippen LogP) is 3.03. The lowest BCUT2D eigenvalue weighted by Gasteiger charge is -2.17. The van der Waals surface area contributed by atoms with Crippen molar-refractivity contribution in [2.45, 2.75) is 26.8 Å². The molecule has 1 atom stereocenters. The van der Waals surface area contributed by atoms with E-state index in [1.165, 1.54) is 24.3 Å². The molecule has 0 radical (unpaired) electrons. The van der Waals surface area contributed by atoms with Crippen LogP contribution in [0.5, 0.6) is 0 Å². The van der Waals surface area contributed by atoms with E-state index >= 15 is 0 Å². The van der Waals surface area contributed by atoms with E-state index in [1.807, 2.05) is 32.0 Å². The number of benzene rings is 2. The van der Waals surface area contributed by atoms with E-state index < -0.39 is 16.7 Å². The molecular weight excluding hydrogens is 322 g/mol. The molecule has 0 aliphatic rings. The summed E-state index contributed by atoms with van der Waals surface area (Å²) in [6, 6.07) is 10.8. The minimum absolute atomic E-state index is 0.165. The van der Waals surface area contributed by atoms with Crippen LogP contribution < -0.4 is 10.6 Å². The summed E-state index contributed by atoms with van der Waals surface area (Å²) in [5.74, 6) is -1.68. The Kier molecular flexibility index (Phi) is 5.49. The standard InChI is InChI=1S/C18H19N3O4/c1-11-6-4-9-16(12(11)2)13(3)19-17(22)18(23)20-14-7-5-8-15(10-14)21(24)25/h4-10,13H,1-3H3,(H,19,22)(H,20,23). The number of nitrogens with zero attached hydrogens (tertiary/aromatic N) is 1. The van der Waals surface area contributed by atoms with Crippen LogP contribution in [-0.4, -0.2) is 16.7 Å². The summed E-state index contributed by atoms with van der Waals surface area (Å²) >= 11 is 0. The van der Waals surface area contributed by atoms with Gasteiger partial charge in [0, 0.05) is 17.8 Å². The molecule has 2 aromatic rings. The van der Waals surface area contributed by atoms with Crippen molar-refractivity contribution in [3.8, 4) is 0 Å². The highest BCUT2D eigenvalue weighted by Crippen LogP contribution is 2.20. The Morgan fingerprint density at radius 2 is 1.76 bits per heavy atom. The molecule has 0 saturated heterocycles. The SMILES string of the molecule is Cc1cccc(C(C)NC(=O)C(=O)Nc2cccc([N+](=O)[O-])c2)c1C. The number of amides is 2. The number of carbonyl (C=O) groups excluding carboxylic acids is 2. The molecule has 0 bridgehead atoms. The van der Waals surface area contributed by atoms with Gasteiger partial charge in [0.15, 0.2) is 0 Å². The van der Waals surface area contributed by atoms with Crippen LogP contribution in [-0.2, 0) is 9.59 Å². The number of hydrogen-bond acceptors (Lipinski definition) is 4. The smallest absolute Gasteiger partial charge is 0.313 e. The molecule has 1 unspecified atom stereocenters. The first-order valence-corrected chi connectivity index (χ1v) is 7.72. The van der Waals surface area contributed by atoms with E-state index in [-0.39, 0.29) is 17.4 Å². The zero-order chi connectivity index (χ0) is 18.6. The number of carbonyl (C=O) groups is 2. The predicted molar refractivity (Wildman–Crippen MR) is 94.2 cm³/mol. The molecule has 2 aromatic carbocycles. The highest BCUT2D eigenvalue weighted by Gasteiger charge is 2.19. The monoisotopic (exact) mass is 341 g/mol. The second kappa shape index (κ2) is 7.57. The fourth-order valence-electron chi connectivity index (χ4n) is 2.47. The van der Waals surface area contributed by atoms with Crippen LogP contribution >= 0.6 is 0 Å². The van der Waals surface area contributed by atoms with Gasteiger partial charge in [-0.2, -0.15) is 0 Å². The summed E-state index contributed by atoms with van der Waals surface area (Å²) in [6.07, 6.45) is 0. The van der Waals surface area contributed by atoms with Crippen molar-refractivity contribution in [3.05, 3.63) is 69.3 Å². The summed E-state index contributed by atoms with van der Waals surface area (Å²) in [6.45, 7) is 5.72. The van der Waals surface area contributed by atoms with Crippen molar-refractivity contribution < 1.29 is 14.5 Å². The highest BCUT2D eigenvalue weighted by molar-refractivity contribution is 6.39. The van der Waals surface area contributed by atoms with E-state index in [0.29, 0.717) is 0 Å². The molecule has 7 heteroatoms. The van der Waals surface area contributed by atoms with Gasteiger partial charge >= 0.3 is 11.8 Å². The third-order valence-corrected chi connectivity index (χ3v) is 3.98. The van der Waals surface area contributed by atoms with Gasteiger partial charge in [-0.05, 0) is 43.5 Å². The lowest BCUT2D eigenvalue weighted by Crippen LogP contribution is -2.37. The van der Waals surface area contributed by atoms with Crippen molar-refractivity contribution >= 4 is 23.2 Å². The van der Waals surface area contributed by atoms with Gasteiger partial charge in [-0.25, -0.2) is 0 Å². The molecule has 0 aromatic heterocycles. The number of nitro groups is 1. The normalized spacial score (nSPS) is 11.5. The van der Waals surface area contributed by atoms with Gasteiger partial charge in [0.05, 0.1) is 11.0 Å². The van der Waals surface area contributed by atoms with Crippen LogP contribution in [0.25, 0.3) is 0 Å². The molecule has 2 N–H and O–H groups in total. The fourth-order valence-corrected chi connectivity index (χ4v) is 2.47. The molecular formula is C18H19N3O4. The molecule has 25 heavy (non-hydrogen) atoms. The Labute approximate surface area is 145 Å². The number of aryl methyl sites for hydroxylation is 1. The van der Waals surface area contributed by atoms with E-state index in [4.69, 9.17) is 0 Å². The maximum atomic E-state index is 12.1. The van der Waals surface area contributed by atoms with Gasteiger partial charge in [-0.15, -0.1) is 0 Å². The van der Waals surface area contributed by atoms with Crippen LogP contribution in [0.3, 0.4) is 0 Å². The molecule has 0 aliphatic heterocycles. The summed E-state index contributed by atoms with van der Waals surface area (Å²) in [5, 5.41) is 15.7. The highest BCUT2D eigenvalue weighted by atomic mass is 16.6. The van der Waals surface area contributed by atoms with Crippen molar-refractivity contribution in [2.75, 3.05) is 5.32 Å². The van der Waals surface area contributed by atoms with Gasteiger partial charge in [-0.1, -0.05) is 24.3 Å². The minimum atomic E-state index is -0.877. The van der Waals surface area contributed by atoms with Crippen molar-refractivity contribution in [3.63, 3.8) is 0 Å². The molecule has 0 spiro atoms. The van der Waals surface area contributed by atoms with Crippen LogP contribution in [0.4, 0.5) is 11.4 Å². The summed E-state index contributed by atoms with van der Waals surface area (Å²) in [4.78, 5) is 34.3. The zero-order valence-corrected chi connectivity index (χ0v) is 14.2. The number of non-ortho nitro benzene ring substituents is 1. The molecule has 130 valence electrons. The summed E-state index contributed by atoms with van der Waals surface area (Å²) in [7, 11) is 0. The molecule has 0 saturated carbocycles. The quantitative estimate of drug-likeness (QED) is 0.507. The van der Waals surface area contributed by atoms with Crippen LogP contribution in [0, 0.1) is 24.0 Å².